The van der Waals surface area contributed by atoms with E-state index in [2.05, 4.69) is 17.3 Å². The Morgan fingerprint density at radius 1 is 1.22 bits per heavy atom. The van der Waals surface area contributed by atoms with Crippen LogP contribution in [0.15, 0.2) is 35.5 Å². The van der Waals surface area contributed by atoms with Crippen LogP contribution in [0.25, 0.3) is 0 Å². The quantitative estimate of drug-likeness (QED) is 0.268. The molecule has 1 saturated heterocycles. The van der Waals surface area contributed by atoms with Crippen LogP contribution >= 0.6 is 0 Å². The zero-order chi connectivity index (χ0) is 18.9. The minimum absolute atomic E-state index is 0.105. The second kappa shape index (κ2) is 5.10. The highest BCUT2D eigenvalue weighted by molar-refractivity contribution is 6.07. The van der Waals surface area contributed by atoms with Gasteiger partial charge in [0, 0.05) is 6.07 Å². The van der Waals surface area contributed by atoms with Gasteiger partial charge in [-0.25, -0.2) is 0 Å². The van der Waals surface area contributed by atoms with Gasteiger partial charge < -0.3 is 0 Å². The molecule has 3 aliphatic carbocycles. The Morgan fingerprint density at radius 3 is 2.37 bits per heavy atom. The predicted octanol–water partition coefficient (Wildman–Crippen LogP) is 2.00. The molecule has 8 heteroatoms. The molecule has 134 valence electrons. The average molecular weight is 362 g/mol. The number of rotatable bonds is 3. The van der Waals surface area contributed by atoms with Crippen LogP contribution in [0.2, 0.25) is 0 Å². The molecular weight excluding hydrogens is 348 g/mol. The molecular formula is C19H14N4O4. The van der Waals surface area contributed by atoms with Gasteiger partial charge in [-0.05, 0) is 42.2 Å². The summed E-state index contributed by atoms with van der Waals surface area (Å²) in [5.41, 5.74) is 0.105. The van der Waals surface area contributed by atoms with Gasteiger partial charge in [0.15, 0.2) is 0 Å². The van der Waals surface area contributed by atoms with Crippen molar-refractivity contribution in [3.63, 3.8) is 0 Å². The normalized spacial score (nSPS) is 31.7. The van der Waals surface area contributed by atoms with Gasteiger partial charge in [-0.15, -0.1) is 0 Å². The minimum atomic E-state index is -0.619. The molecule has 1 aromatic rings. The van der Waals surface area contributed by atoms with Crippen molar-refractivity contribution >= 4 is 23.7 Å². The number of fused-ring (bicyclic) bond motifs is 3. The molecule has 0 radical (unpaired) electrons. The molecule has 0 aromatic heterocycles. The largest absolute Gasteiger partial charge is 0.279 e. The predicted molar refractivity (Wildman–Crippen MR) is 92.0 cm³/mol. The van der Waals surface area contributed by atoms with Crippen LogP contribution in [0.1, 0.15) is 24.0 Å². The Hall–Kier alpha value is -3.34. The number of hydrogen-bond acceptors (Lipinski definition) is 6. The molecule has 1 heterocycles. The molecule has 4 atom stereocenters. The van der Waals surface area contributed by atoms with Crippen LogP contribution in [0.3, 0.4) is 0 Å². The molecule has 2 bridgehead atoms. The Kier molecular flexibility index (Phi) is 3.00. The van der Waals surface area contributed by atoms with Gasteiger partial charge in [0.1, 0.15) is 0 Å². The lowest BCUT2D eigenvalue weighted by atomic mass is 9.85. The zero-order valence-electron chi connectivity index (χ0n) is 14.1. The van der Waals surface area contributed by atoms with Crippen molar-refractivity contribution < 1.29 is 14.5 Å². The number of allylic oxidation sites excluding steroid dienone is 2. The topological polar surface area (TPSA) is 117 Å². The lowest BCUT2D eigenvalue weighted by molar-refractivity contribution is -0.385. The van der Waals surface area contributed by atoms with Crippen molar-refractivity contribution in [2.45, 2.75) is 12.8 Å². The highest BCUT2D eigenvalue weighted by atomic mass is 16.6. The highest BCUT2D eigenvalue weighted by Gasteiger charge is 2.73. The number of nitro groups is 1. The summed E-state index contributed by atoms with van der Waals surface area (Å²) in [5, 5.41) is 25.0. The first-order valence-corrected chi connectivity index (χ1v) is 8.76. The molecule has 8 nitrogen and oxygen atoms in total. The van der Waals surface area contributed by atoms with Crippen LogP contribution in [-0.4, -0.2) is 28.0 Å². The average Bonchev–Trinajstić information content (AvgIpc) is 3.26. The Morgan fingerprint density at radius 2 is 1.85 bits per heavy atom. The summed E-state index contributed by atoms with van der Waals surface area (Å²) in [7, 11) is 0. The molecule has 1 aromatic carbocycles. The van der Waals surface area contributed by atoms with Crippen LogP contribution < -0.4 is 0 Å². The van der Waals surface area contributed by atoms with E-state index < -0.39 is 4.92 Å². The van der Waals surface area contributed by atoms with E-state index in [0.717, 1.165) is 30.1 Å². The number of benzene rings is 1. The number of carbonyl (C=O) groups is 2. The molecule has 1 spiro atoms. The smallest absolute Gasteiger partial charge is 0.272 e. The van der Waals surface area contributed by atoms with E-state index in [1.165, 1.54) is 12.1 Å². The molecule has 0 N–H and O–H groups in total. The Bertz CT molecular complexity index is 983. The van der Waals surface area contributed by atoms with E-state index in [0.29, 0.717) is 0 Å². The Labute approximate surface area is 153 Å². The van der Waals surface area contributed by atoms with Crippen LogP contribution in [-0.2, 0) is 9.59 Å². The third kappa shape index (κ3) is 1.94. The summed E-state index contributed by atoms with van der Waals surface area (Å²) in [6, 6.07) is 5.80. The first-order valence-electron chi connectivity index (χ1n) is 8.76. The molecule has 2 saturated carbocycles. The molecule has 5 rings (SSSR count). The fourth-order valence-corrected chi connectivity index (χ4v) is 5.18. The molecule has 2 amide bonds. The first kappa shape index (κ1) is 15.9. The van der Waals surface area contributed by atoms with Crippen LogP contribution in [0.5, 0.6) is 0 Å². The second-order valence-electron chi connectivity index (χ2n) is 7.60. The lowest BCUT2D eigenvalue weighted by Crippen LogP contribution is -2.30. The van der Waals surface area contributed by atoms with Crippen molar-refractivity contribution in [1.82, 2.24) is 5.01 Å². The van der Waals surface area contributed by atoms with Gasteiger partial charge >= 0.3 is 0 Å². The number of hydrogen-bond donors (Lipinski definition) is 0. The fraction of sp³-hybridized carbons (Fsp3) is 0.368. The number of amides is 2. The van der Waals surface area contributed by atoms with E-state index in [-0.39, 0.29) is 57.7 Å². The van der Waals surface area contributed by atoms with E-state index in [9.17, 15) is 19.7 Å². The minimum Gasteiger partial charge on any atom is -0.272 e. The van der Waals surface area contributed by atoms with Crippen LogP contribution in [0, 0.1) is 50.5 Å². The van der Waals surface area contributed by atoms with Crippen molar-refractivity contribution in [2.75, 3.05) is 0 Å². The standard InChI is InChI=1S/C19H14N4O4/c20-8-10-1-2-11(14(7-10)23(26)27)9-21-22-17(24)15-12-3-4-13(16(15)18(22)25)19(12)5-6-19/h1-4,7,9,12-13,15-16H,5-6H2/b21-9-/t12-,13-,15-,16-/m0/s1. The van der Waals surface area contributed by atoms with E-state index in [1.807, 2.05) is 6.07 Å². The second-order valence-corrected chi connectivity index (χ2v) is 7.60. The maximum atomic E-state index is 12.8. The summed E-state index contributed by atoms with van der Waals surface area (Å²) < 4.78 is 0. The number of hydrazone groups is 1. The monoisotopic (exact) mass is 362 g/mol. The SMILES string of the molecule is N#Cc1ccc(/C=N\N2C(=O)[C@@H]3[C@@H](C2=O)[C@@H]2C=C[C@@H]3C23CC3)c([N+](=O)[O-])c1. The third-order valence-corrected chi connectivity index (χ3v) is 6.50. The summed E-state index contributed by atoms with van der Waals surface area (Å²) in [6.45, 7) is 0. The van der Waals surface area contributed by atoms with Crippen molar-refractivity contribution in [1.29, 1.82) is 5.26 Å². The molecule has 4 aliphatic rings. The number of nitro benzene ring substituents is 1. The summed E-state index contributed by atoms with van der Waals surface area (Å²) in [4.78, 5) is 36.3. The van der Waals surface area contributed by atoms with Crippen LogP contribution in [0.4, 0.5) is 5.69 Å². The molecule has 27 heavy (non-hydrogen) atoms. The number of nitrogens with zero attached hydrogens (tertiary/aromatic N) is 4. The maximum absolute atomic E-state index is 12.8. The number of imide groups is 1. The van der Waals surface area contributed by atoms with E-state index in [1.54, 1.807) is 0 Å². The lowest BCUT2D eigenvalue weighted by Gasteiger charge is -2.18. The van der Waals surface area contributed by atoms with Crippen molar-refractivity contribution in [2.24, 2.45) is 34.2 Å². The van der Waals surface area contributed by atoms with Gasteiger partial charge in [0.2, 0.25) is 0 Å². The summed E-state index contributed by atoms with van der Waals surface area (Å²) in [5.74, 6) is -1.14. The van der Waals surface area contributed by atoms with Gasteiger partial charge in [-0.2, -0.15) is 15.4 Å². The van der Waals surface area contributed by atoms with Crippen molar-refractivity contribution in [3.05, 3.63) is 51.6 Å². The molecule has 1 aliphatic heterocycles. The fourth-order valence-electron chi connectivity index (χ4n) is 5.18. The van der Waals surface area contributed by atoms with Gasteiger partial charge in [-0.1, -0.05) is 12.2 Å². The van der Waals surface area contributed by atoms with Gasteiger partial charge in [-0.3, -0.25) is 19.7 Å². The van der Waals surface area contributed by atoms with Crippen molar-refractivity contribution in [3.8, 4) is 6.07 Å². The van der Waals surface area contributed by atoms with Gasteiger partial charge in [0.25, 0.3) is 17.5 Å². The maximum Gasteiger partial charge on any atom is 0.279 e. The Balaban J connectivity index is 1.45. The summed E-state index contributed by atoms with van der Waals surface area (Å²) in [6.07, 6.45) is 7.41. The van der Waals surface area contributed by atoms with E-state index >= 15 is 0 Å². The number of carbonyl (C=O) groups excluding carboxylic acids is 2. The molecule has 3 fully saturated rings. The zero-order valence-corrected chi connectivity index (χ0v) is 14.1. The van der Waals surface area contributed by atoms with E-state index in [4.69, 9.17) is 5.26 Å². The number of nitriles is 1. The third-order valence-electron chi connectivity index (χ3n) is 6.50. The van der Waals surface area contributed by atoms with Gasteiger partial charge in [0.05, 0.1) is 40.2 Å². The highest BCUT2D eigenvalue weighted by Crippen LogP contribution is 2.73. The first-order chi connectivity index (χ1) is 13.0. The molecule has 0 unspecified atom stereocenters. The summed E-state index contributed by atoms with van der Waals surface area (Å²) >= 11 is 0.